The quantitative estimate of drug-likeness (QED) is 0.732. The average molecular weight is 176 g/mol. The molecule has 2 rings (SSSR count). The molecule has 0 saturated heterocycles. The Labute approximate surface area is 79.1 Å². The van der Waals surface area contributed by atoms with Gasteiger partial charge in [-0.05, 0) is 36.9 Å². The maximum absolute atomic E-state index is 5.57. The SMILES string of the molecule is NC[C@@H]1C[C@H]1CNc1ccccc1. The molecule has 0 amide bonds. The van der Waals surface area contributed by atoms with Crippen LogP contribution in [0.1, 0.15) is 6.42 Å². The summed E-state index contributed by atoms with van der Waals surface area (Å²) in [5.41, 5.74) is 6.78. The van der Waals surface area contributed by atoms with Crippen molar-refractivity contribution >= 4 is 5.69 Å². The summed E-state index contributed by atoms with van der Waals surface area (Å²) in [5.74, 6) is 1.58. The molecule has 0 bridgehead atoms. The number of nitrogens with two attached hydrogens (primary N) is 1. The van der Waals surface area contributed by atoms with Gasteiger partial charge in [-0.3, -0.25) is 0 Å². The van der Waals surface area contributed by atoms with Crippen LogP contribution >= 0.6 is 0 Å². The van der Waals surface area contributed by atoms with Crippen LogP contribution in [0.15, 0.2) is 30.3 Å². The van der Waals surface area contributed by atoms with Crippen molar-refractivity contribution in [3.8, 4) is 0 Å². The molecule has 0 heterocycles. The van der Waals surface area contributed by atoms with Gasteiger partial charge in [0.1, 0.15) is 0 Å². The van der Waals surface area contributed by atoms with Crippen LogP contribution in [0, 0.1) is 11.8 Å². The van der Waals surface area contributed by atoms with E-state index in [0.29, 0.717) is 0 Å². The number of benzene rings is 1. The topological polar surface area (TPSA) is 38.0 Å². The van der Waals surface area contributed by atoms with Crippen LogP contribution in [0.5, 0.6) is 0 Å². The van der Waals surface area contributed by atoms with E-state index in [1.54, 1.807) is 0 Å². The summed E-state index contributed by atoms with van der Waals surface area (Å²) < 4.78 is 0. The summed E-state index contributed by atoms with van der Waals surface area (Å²) in [6, 6.07) is 10.3. The monoisotopic (exact) mass is 176 g/mol. The fraction of sp³-hybridized carbons (Fsp3) is 0.455. The molecule has 0 unspecified atom stereocenters. The van der Waals surface area contributed by atoms with Gasteiger partial charge in [-0.25, -0.2) is 0 Å². The van der Waals surface area contributed by atoms with E-state index in [0.717, 1.165) is 24.9 Å². The highest BCUT2D eigenvalue weighted by Gasteiger charge is 2.34. The highest BCUT2D eigenvalue weighted by molar-refractivity contribution is 5.42. The lowest BCUT2D eigenvalue weighted by Gasteiger charge is -2.04. The first-order valence-electron chi connectivity index (χ1n) is 4.89. The van der Waals surface area contributed by atoms with Crippen LogP contribution in [0.3, 0.4) is 0 Å². The smallest absolute Gasteiger partial charge is 0.0340 e. The Morgan fingerprint density at radius 3 is 2.62 bits per heavy atom. The molecule has 0 aliphatic heterocycles. The van der Waals surface area contributed by atoms with Crippen molar-refractivity contribution in [2.75, 3.05) is 18.4 Å². The van der Waals surface area contributed by atoms with E-state index >= 15 is 0 Å². The zero-order chi connectivity index (χ0) is 9.10. The fourth-order valence-corrected chi connectivity index (χ4v) is 1.65. The van der Waals surface area contributed by atoms with Crippen molar-refractivity contribution in [1.82, 2.24) is 0 Å². The predicted octanol–water partition coefficient (Wildman–Crippen LogP) is 1.69. The van der Waals surface area contributed by atoms with Gasteiger partial charge in [-0.15, -0.1) is 0 Å². The van der Waals surface area contributed by atoms with Gasteiger partial charge < -0.3 is 11.1 Å². The van der Waals surface area contributed by atoms with Gasteiger partial charge in [-0.2, -0.15) is 0 Å². The van der Waals surface area contributed by atoms with Gasteiger partial charge in [-0.1, -0.05) is 18.2 Å². The van der Waals surface area contributed by atoms with E-state index in [1.165, 1.54) is 12.1 Å². The average Bonchev–Trinajstić information content (AvgIpc) is 2.95. The Bertz CT molecular complexity index is 258. The third kappa shape index (κ3) is 2.22. The number of para-hydroxylation sites is 1. The maximum Gasteiger partial charge on any atom is 0.0340 e. The third-order valence-corrected chi connectivity index (χ3v) is 2.71. The summed E-state index contributed by atoms with van der Waals surface area (Å²) in [7, 11) is 0. The van der Waals surface area contributed by atoms with E-state index in [4.69, 9.17) is 5.73 Å². The highest BCUT2D eigenvalue weighted by Crippen LogP contribution is 2.37. The second-order valence-electron chi connectivity index (χ2n) is 3.74. The van der Waals surface area contributed by atoms with E-state index in [2.05, 4.69) is 29.6 Å². The van der Waals surface area contributed by atoms with Crippen LogP contribution < -0.4 is 11.1 Å². The summed E-state index contributed by atoms with van der Waals surface area (Å²) in [4.78, 5) is 0. The fourth-order valence-electron chi connectivity index (χ4n) is 1.65. The van der Waals surface area contributed by atoms with Gasteiger partial charge in [0.05, 0.1) is 0 Å². The lowest BCUT2D eigenvalue weighted by Crippen LogP contribution is -2.08. The predicted molar refractivity (Wildman–Crippen MR) is 55.6 cm³/mol. The number of nitrogens with one attached hydrogen (secondary N) is 1. The number of anilines is 1. The lowest BCUT2D eigenvalue weighted by atomic mass is 10.3. The summed E-state index contributed by atoms with van der Waals surface area (Å²) in [6.07, 6.45) is 1.30. The van der Waals surface area contributed by atoms with Gasteiger partial charge in [0.2, 0.25) is 0 Å². The molecule has 70 valence electrons. The van der Waals surface area contributed by atoms with Crippen molar-refractivity contribution in [1.29, 1.82) is 0 Å². The first kappa shape index (κ1) is 8.57. The number of hydrogen-bond donors (Lipinski definition) is 2. The Morgan fingerprint density at radius 2 is 2.00 bits per heavy atom. The molecule has 3 N–H and O–H groups in total. The lowest BCUT2D eigenvalue weighted by molar-refractivity contribution is 0.733. The Morgan fingerprint density at radius 1 is 1.23 bits per heavy atom. The number of rotatable bonds is 4. The first-order valence-corrected chi connectivity index (χ1v) is 4.89. The van der Waals surface area contributed by atoms with E-state index in [9.17, 15) is 0 Å². The molecule has 0 spiro atoms. The molecule has 1 fully saturated rings. The molecule has 0 aromatic heterocycles. The standard InChI is InChI=1S/C11H16N2/c12-7-9-6-10(9)8-13-11-4-2-1-3-5-11/h1-5,9-10,13H,6-8,12H2/t9-,10-/m0/s1. The molecule has 2 atom stereocenters. The molecule has 1 aromatic rings. The zero-order valence-corrected chi connectivity index (χ0v) is 7.74. The van der Waals surface area contributed by atoms with Crippen molar-refractivity contribution < 1.29 is 0 Å². The summed E-state index contributed by atoms with van der Waals surface area (Å²) in [5, 5.41) is 3.42. The maximum atomic E-state index is 5.57. The first-order chi connectivity index (χ1) is 6.40. The molecule has 2 heteroatoms. The molecular weight excluding hydrogens is 160 g/mol. The molecule has 1 saturated carbocycles. The Hall–Kier alpha value is -1.02. The Balaban J connectivity index is 1.75. The second-order valence-corrected chi connectivity index (χ2v) is 3.74. The van der Waals surface area contributed by atoms with Gasteiger partial charge in [0, 0.05) is 12.2 Å². The molecular formula is C11H16N2. The van der Waals surface area contributed by atoms with Gasteiger partial charge >= 0.3 is 0 Å². The minimum atomic E-state index is 0.774. The minimum Gasteiger partial charge on any atom is -0.385 e. The van der Waals surface area contributed by atoms with Crippen LogP contribution in [0.4, 0.5) is 5.69 Å². The van der Waals surface area contributed by atoms with Crippen LogP contribution in [-0.2, 0) is 0 Å². The van der Waals surface area contributed by atoms with E-state index < -0.39 is 0 Å². The Kier molecular flexibility index (Phi) is 2.50. The molecule has 0 radical (unpaired) electrons. The van der Waals surface area contributed by atoms with E-state index in [1.807, 2.05) is 6.07 Å². The molecule has 1 aliphatic carbocycles. The van der Waals surface area contributed by atoms with Gasteiger partial charge in [0.15, 0.2) is 0 Å². The van der Waals surface area contributed by atoms with Crippen molar-refractivity contribution in [3.05, 3.63) is 30.3 Å². The zero-order valence-electron chi connectivity index (χ0n) is 7.74. The second kappa shape index (κ2) is 3.79. The van der Waals surface area contributed by atoms with Crippen molar-refractivity contribution in [2.24, 2.45) is 17.6 Å². The van der Waals surface area contributed by atoms with Crippen molar-refractivity contribution in [2.45, 2.75) is 6.42 Å². The molecule has 1 aliphatic rings. The van der Waals surface area contributed by atoms with E-state index in [-0.39, 0.29) is 0 Å². The highest BCUT2D eigenvalue weighted by atomic mass is 14.9. The normalized spacial score (nSPS) is 25.6. The summed E-state index contributed by atoms with van der Waals surface area (Å²) in [6.45, 7) is 1.92. The molecule has 2 nitrogen and oxygen atoms in total. The number of hydrogen-bond acceptors (Lipinski definition) is 2. The summed E-state index contributed by atoms with van der Waals surface area (Å²) >= 11 is 0. The minimum absolute atomic E-state index is 0.774. The third-order valence-electron chi connectivity index (χ3n) is 2.71. The van der Waals surface area contributed by atoms with Gasteiger partial charge in [0.25, 0.3) is 0 Å². The molecule has 13 heavy (non-hydrogen) atoms. The molecule has 1 aromatic carbocycles. The van der Waals surface area contributed by atoms with Crippen molar-refractivity contribution in [3.63, 3.8) is 0 Å². The largest absolute Gasteiger partial charge is 0.385 e. The van der Waals surface area contributed by atoms with Crippen LogP contribution in [-0.4, -0.2) is 13.1 Å². The van der Waals surface area contributed by atoms with Crippen LogP contribution in [0.25, 0.3) is 0 Å². The van der Waals surface area contributed by atoms with Crippen LogP contribution in [0.2, 0.25) is 0 Å².